The molecular formula is C67H127NO8P+. The van der Waals surface area contributed by atoms with Gasteiger partial charge in [0.1, 0.15) is 19.8 Å². The maximum atomic E-state index is 12.9. The summed E-state index contributed by atoms with van der Waals surface area (Å²) >= 11 is 0. The lowest BCUT2D eigenvalue weighted by Crippen LogP contribution is -2.37. The molecule has 0 heterocycles. The van der Waals surface area contributed by atoms with Crippen LogP contribution in [-0.2, 0) is 32.7 Å². The summed E-state index contributed by atoms with van der Waals surface area (Å²) in [6, 6.07) is 0. The number of allylic oxidation sites excluding steroid dienone is 8. The Balaban J connectivity index is 4.04. The summed E-state index contributed by atoms with van der Waals surface area (Å²) < 4.78 is 34.7. The molecule has 0 aromatic heterocycles. The predicted molar refractivity (Wildman–Crippen MR) is 330 cm³/mol. The first-order chi connectivity index (χ1) is 37.5. The minimum atomic E-state index is -4.39. The van der Waals surface area contributed by atoms with E-state index in [4.69, 9.17) is 18.5 Å². The van der Waals surface area contributed by atoms with Gasteiger partial charge < -0.3 is 18.9 Å². The van der Waals surface area contributed by atoms with Crippen molar-refractivity contribution in [1.82, 2.24) is 0 Å². The smallest absolute Gasteiger partial charge is 0.462 e. The van der Waals surface area contributed by atoms with E-state index in [1.165, 1.54) is 225 Å². The van der Waals surface area contributed by atoms with Gasteiger partial charge in [-0.2, -0.15) is 0 Å². The topological polar surface area (TPSA) is 108 Å². The van der Waals surface area contributed by atoms with E-state index in [0.29, 0.717) is 23.9 Å². The number of ether oxygens (including phenoxy) is 2. The molecule has 1 N–H and O–H groups in total. The van der Waals surface area contributed by atoms with Gasteiger partial charge in [0.25, 0.3) is 0 Å². The first kappa shape index (κ1) is 75.0. The number of unbranched alkanes of at least 4 members (excludes halogenated alkanes) is 39. The molecule has 0 saturated heterocycles. The molecule has 2 atom stereocenters. The van der Waals surface area contributed by atoms with Gasteiger partial charge in [0.15, 0.2) is 6.10 Å². The van der Waals surface area contributed by atoms with Gasteiger partial charge in [-0.05, 0) is 51.4 Å². The lowest BCUT2D eigenvalue weighted by Gasteiger charge is -2.24. The molecule has 9 nitrogen and oxygen atoms in total. The average Bonchev–Trinajstić information content (AvgIpc) is 3.39. The molecule has 10 heteroatoms. The Hall–Kier alpha value is -2.03. The number of nitrogens with zero attached hydrogens (tertiary/aromatic N) is 1. The van der Waals surface area contributed by atoms with Crippen molar-refractivity contribution >= 4 is 19.8 Å². The van der Waals surface area contributed by atoms with Crippen molar-refractivity contribution in [2.75, 3.05) is 47.5 Å². The number of hydrogen-bond donors (Lipinski definition) is 1. The Morgan fingerprint density at radius 3 is 1.10 bits per heavy atom. The van der Waals surface area contributed by atoms with Crippen molar-refractivity contribution in [1.29, 1.82) is 0 Å². The van der Waals surface area contributed by atoms with E-state index in [1.54, 1.807) is 0 Å². The Kier molecular flexibility index (Phi) is 57.1. The monoisotopic (exact) mass is 1100 g/mol. The molecule has 0 aromatic carbocycles. The van der Waals surface area contributed by atoms with Crippen molar-refractivity contribution in [2.24, 2.45) is 0 Å². The molecule has 0 amide bonds. The number of quaternary nitrogens is 1. The Labute approximate surface area is 477 Å². The molecule has 2 unspecified atom stereocenters. The van der Waals surface area contributed by atoms with Gasteiger partial charge in [-0.15, -0.1) is 0 Å². The number of phosphoric ester groups is 1. The van der Waals surface area contributed by atoms with Crippen LogP contribution in [0.3, 0.4) is 0 Å². The van der Waals surface area contributed by atoms with Gasteiger partial charge in [-0.1, -0.05) is 300 Å². The van der Waals surface area contributed by atoms with E-state index in [2.05, 4.69) is 62.5 Å². The third-order valence-electron chi connectivity index (χ3n) is 14.6. The molecule has 0 spiro atoms. The van der Waals surface area contributed by atoms with Crippen LogP contribution >= 0.6 is 7.82 Å². The van der Waals surface area contributed by atoms with E-state index < -0.39 is 26.5 Å². The van der Waals surface area contributed by atoms with Crippen LogP contribution in [0.2, 0.25) is 0 Å². The Morgan fingerprint density at radius 2 is 0.740 bits per heavy atom. The Bertz CT molecular complexity index is 1440. The van der Waals surface area contributed by atoms with Crippen LogP contribution in [0, 0.1) is 0 Å². The fourth-order valence-electron chi connectivity index (χ4n) is 9.60. The highest BCUT2D eigenvalue weighted by atomic mass is 31.2. The van der Waals surface area contributed by atoms with Gasteiger partial charge in [0.05, 0.1) is 27.7 Å². The van der Waals surface area contributed by atoms with Crippen molar-refractivity contribution in [3.05, 3.63) is 48.6 Å². The minimum Gasteiger partial charge on any atom is -0.462 e. The second kappa shape index (κ2) is 58.6. The number of rotatable bonds is 61. The number of carbonyl (C=O) groups excluding carboxylic acids is 2. The number of hydrogen-bond acceptors (Lipinski definition) is 7. The minimum absolute atomic E-state index is 0.0336. The Morgan fingerprint density at radius 1 is 0.416 bits per heavy atom. The van der Waals surface area contributed by atoms with Crippen LogP contribution in [-0.4, -0.2) is 74.9 Å². The van der Waals surface area contributed by atoms with Crippen LogP contribution in [0.1, 0.15) is 316 Å². The summed E-state index contributed by atoms with van der Waals surface area (Å²) in [4.78, 5) is 35.8. The zero-order valence-electron chi connectivity index (χ0n) is 51.5. The third kappa shape index (κ3) is 63.0. The standard InChI is InChI=1S/C67H126NO8P/c1-6-8-10-12-14-16-18-20-22-24-26-28-30-32-33-34-35-36-38-40-42-44-46-48-50-52-54-56-58-60-67(70)76-65(64-75-77(71,72)74-62-61-68(3,4)5)63-73-66(69)59-57-55-53-51-49-47-45-43-41-39-37-31-29-27-25-23-21-19-17-15-13-11-9-7-2/h8,10,14,16,20,22,26,28,65H,6-7,9,11-13,15,17-19,21,23-25,27,29-64H2,1-5H3/p+1/b10-8-,16-14-,22-20-,28-26-. The highest BCUT2D eigenvalue weighted by Crippen LogP contribution is 2.43. The van der Waals surface area contributed by atoms with E-state index in [-0.39, 0.29) is 25.6 Å². The maximum Gasteiger partial charge on any atom is 0.472 e. The van der Waals surface area contributed by atoms with Gasteiger partial charge in [0, 0.05) is 12.8 Å². The summed E-state index contributed by atoms with van der Waals surface area (Å²) in [6.45, 7) is 4.38. The molecule has 0 saturated carbocycles. The molecule has 0 aliphatic carbocycles. The lowest BCUT2D eigenvalue weighted by molar-refractivity contribution is -0.870. The molecular weight excluding hydrogens is 978 g/mol. The van der Waals surface area contributed by atoms with Gasteiger partial charge >= 0.3 is 19.8 Å². The molecule has 452 valence electrons. The summed E-state index contributed by atoms with van der Waals surface area (Å²) in [7, 11) is 1.49. The fraction of sp³-hybridized carbons (Fsp3) is 0.851. The number of esters is 2. The molecule has 0 bridgehead atoms. The normalized spacial score (nSPS) is 13.5. The second-order valence-corrected chi connectivity index (χ2v) is 24.9. The van der Waals surface area contributed by atoms with Crippen LogP contribution in [0.15, 0.2) is 48.6 Å². The molecule has 0 aliphatic heterocycles. The first-order valence-electron chi connectivity index (χ1n) is 32.9. The first-order valence-corrected chi connectivity index (χ1v) is 34.4. The van der Waals surface area contributed by atoms with Crippen molar-refractivity contribution in [2.45, 2.75) is 322 Å². The van der Waals surface area contributed by atoms with Crippen LogP contribution in [0.4, 0.5) is 0 Å². The summed E-state index contributed by atoms with van der Waals surface area (Å²) in [6.07, 6.45) is 74.9. The van der Waals surface area contributed by atoms with Crippen molar-refractivity contribution in [3.8, 4) is 0 Å². The number of likely N-dealkylation sites (N-methyl/N-ethyl adjacent to an activating group) is 1. The van der Waals surface area contributed by atoms with Crippen LogP contribution in [0.25, 0.3) is 0 Å². The lowest BCUT2D eigenvalue weighted by atomic mass is 10.0. The second-order valence-electron chi connectivity index (χ2n) is 23.5. The molecule has 0 aliphatic rings. The van der Waals surface area contributed by atoms with Crippen molar-refractivity contribution in [3.63, 3.8) is 0 Å². The number of phosphoric acid groups is 1. The number of carbonyl (C=O) groups is 2. The third-order valence-corrected chi connectivity index (χ3v) is 15.6. The molecule has 0 aromatic rings. The van der Waals surface area contributed by atoms with Crippen LogP contribution in [0.5, 0.6) is 0 Å². The van der Waals surface area contributed by atoms with Gasteiger partial charge in [-0.25, -0.2) is 4.57 Å². The molecule has 0 radical (unpaired) electrons. The van der Waals surface area contributed by atoms with E-state index in [0.717, 1.165) is 57.8 Å². The largest absolute Gasteiger partial charge is 0.472 e. The van der Waals surface area contributed by atoms with E-state index in [9.17, 15) is 19.0 Å². The van der Waals surface area contributed by atoms with Crippen LogP contribution < -0.4 is 0 Å². The quantitative estimate of drug-likeness (QED) is 0.0211. The van der Waals surface area contributed by atoms with E-state index >= 15 is 0 Å². The molecule has 0 rings (SSSR count). The summed E-state index contributed by atoms with van der Waals surface area (Å²) in [5.41, 5.74) is 0. The van der Waals surface area contributed by atoms with Gasteiger partial charge in [0.2, 0.25) is 0 Å². The zero-order chi connectivity index (χ0) is 56.3. The molecule has 77 heavy (non-hydrogen) atoms. The summed E-state index contributed by atoms with van der Waals surface area (Å²) in [5.74, 6) is -0.779. The zero-order valence-corrected chi connectivity index (χ0v) is 52.4. The highest BCUT2D eigenvalue weighted by Gasteiger charge is 2.27. The van der Waals surface area contributed by atoms with E-state index in [1.807, 2.05) is 21.1 Å². The SMILES string of the molecule is CC/C=C\C/C=C\C/C=C\C/C=C\CCCCCCCCCCCCCCCCCCC(=O)OC(COC(=O)CCCCCCCCCCCCCCCCCCCCCCCCCC)COP(=O)(O)OCC[N+](C)(C)C. The van der Waals surface area contributed by atoms with Crippen molar-refractivity contribution < 1.29 is 42.1 Å². The average molecular weight is 1110 g/mol. The van der Waals surface area contributed by atoms with Gasteiger partial charge in [-0.3, -0.25) is 18.6 Å². The fourth-order valence-corrected chi connectivity index (χ4v) is 10.3. The highest BCUT2D eigenvalue weighted by molar-refractivity contribution is 7.47. The maximum absolute atomic E-state index is 12.9. The molecule has 0 fully saturated rings. The summed E-state index contributed by atoms with van der Waals surface area (Å²) in [5, 5.41) is 0. The predicted octanol–water partition coefficient (Wildman–Crippen LogP) is 20.9.